The number of benzene rings is 2. The number of carbonyl (C=O) groups is 1. The number of amides is 1. The van der Waals surface area contributed by atoms with Crippen molar-refractivity contribution < 1.29 is 13.9 Å². The first-order valence-corrected chi connectivity index (χ1v) is 8.46. The summed E-state index contributed by atoms with van der Waals surface area (Å²) in [5, 5.41) is 0. The van der Waals surface area contributed by atoms with E-state index in [0.29, 0.717) is 42.8 Å². The molecule has 0 saturated carbocycles. The van der Waals surface area contributed by atoms with Gasteiger partial charge in [0, 0.05) is 31.7 Å². The van der Waals surface area contributed by atoms with Crippen molar-refractivity contribution in [3.8, 4) is 5.75 Å². The molecule has 1 aliphatic rings. The maximum Gasteiger partial charge on any atom is 0.417 e. The Kier molecular flexibility index (Phi) is 4.12. The highest BCUT2D eigenvalue weighted by atomic mass is 16.5. The molecule has 0 aliphatic carbocycles. The Labute approximate surface area is 149 Å². The molecule has 0 unspecified atom stereocenters. The lowest BCUT2D eigenvalue weighted by molar-refractivity contribution is 0.0747. The van der Waals surface area contributed by atoms with Crippen LogP contribution in [-0.4, -0.2) is 49.1 Å². The van der Waals surface area contributed by atoms with E-state index in [-0.39, 0.29) is 5.91 Å². The molecule has 0 bridgehead atoms. The molecule has 7 nitrogen and oxygen atoms in total. The third-order valence-corrected chi connectivity index (χ3v) is 4.67. The van der Waals surface area contributed by atoms with Gasteiger partial charge in [0.15, 0.2) is 5.58 Å². The van der Waals surface area contributed by atoms with Crippen molar-refractivity contribution in [2.45, 2.75) is 0 Å². The number of aromatic amines is 1. The van der Waals surface area contributed by atoms with Crippen LogP contribution in [-0.2, 0) is 0 Å². The van der Waals surface area contributed by atoms with Crippen molar-refractivity contribution >= 4 is 22.7 Å². The van der Waals surface area contributed by atoms with Crippen molar-refractivity contribution in [2.24, 2.45) is 0 Å². The molecule has 7 heteroatoms. The number of fused-ring (bicyclic) bond motifs is 1. The Morgan fingerprint density at radius 1 is 1.08 bits per heavy atom. The molecule has 1 aliphatic heterocycles. The second-order valence-electron chi connectivity index (χ2n) is 6.18. The van der Waals surface area contributed by atoms with Gasteiger partial charge in [-0.05, 0) is 36.4 Å². The number of para-hydroxylation sites is 1. The molecule has 1 N–H and O–H groups in total. The summed E-state index contributed by atoms with van der Waals surface area (Å²) >= 11 is 0. The van der Waals surface area contributed by atoms with Crippen LogP contribution >= 0.6 is 0 Å². The standard InChI is InChI=1S/C19H19N3O4/c1-25-14-7-5-13(6-8-14)18(23)22-11-9-21(10-12-22)16-4-2-3-15-17(16)26-19(24)20-15/h2-8H,9-12H2,1H3,(H,20,24). The monoisotopic (exact) mass is 353 g/mol. The molecule has 2 aromatic carbocycles. The van der Waals surface area contributed by atoms with Crippen molar-refractivity contribution in [3.63, 3.8) is 0 Å². The number of hydrogen-bond acceptors (Lipinski definition) is 5. The molecule has 134 valence electrons. The van der Waals surface area contributed by atoms with E-state index < -0.39 is 5.76 Å². The molecule has 3 aromatic rings. The van der Waals surface area contributed by atoms with Crippen LogP contribution in [0.4, 0.5) is 5.69 Å². The molecular weight excluding hydrogens is 334 g/mol. The summed E-state index contributed by atoms with van der Waals surface area (Å²) in [5.74, 6) is 0.284. The Hall–Kier alpha value is -3.22. The number of H-pyrrole nitrogens is 1. The first-order valence-electron chi connectivity index (χ1n) is 8.46. The van der Waals surface area contributed by atoms with Gasteiger partial charge in [-0.15, -0.1) is 0 Å². The van der Waals surface area contributed by atoms with Gasteiger partial charge in [0.05, 0.1) is 18.3 Å². The van der Waals surface area contributed by atoms with E-state index in [1.54, 1.807) is 31.4 Å². The number of carbonyl (C=O) groups excluding carboxylic acids is 1. The van der Waals surface area contributed by atoms with Gasteiger partial charge in [0.2, 0.25) is 0 Å². The van der Waals surface area contributed by atoms with Crippen molar-refractivity contribution in [3.05, 3.63) is 58.6 Å². The highest BCUT2D eigenvalue weighted by molar-refractivity contribution is 5.94. The zero-order valence-electron chi connectivity index (χ0n) is 14.4. The maximum absolute atomic E-state index is 12.7. The number of aromatic nitrogens is 1. The van der Waals surface area contributed by atoms with Crippen LogP contribution < -0.4 is 15.4 Å². The largest absolute Gasteiger partial charge is 0.497 e. The Morgan fingerprint density at radius 2 is 1.81 bits per heavy atom. The molecule has 0 spiro atoms. The topological polar surface area (TPSA) is 78.8 Å². The summed E-state index contributed by atoms with van der Waals surface area (Å²) in [6.45, 7) is 2.57. The quantitative estimate of drug-likeness (QED) is 0.780. The van der Waals surface area contributed by atoms with Crippen LogP contribution in [0, 0.1) is 0 Å². The summed E-state index contributed by atoms with van der Waals surface area (Å²) in [4.78, 5) is 30.8. The van der Waals surface area contributed by atoms with Gasteiger partial charge in [-0.25, -0.2) is 4.79 Å². The molecule has 4 rings (SSSR count). The van der Waals surface area contributed by atoms with Crippen LogP contribution in [0.1, 0.15) is 10.4 Å². The maximum atomic E-state index is 12.7. The number of nitrogens with one attached hydrogen (secondary N) is 1. The van der Waals surface area contributed by atoms with Gasteiger partial charge in [-0.2, -0.15) is 0 Å². The number of nitrogens with zero attached hydrogens (tertiary/aromatic N) is 2. The molecule has 1 saturated heterocycles. The average Bonchev–Trinajstić information content (AvgIpc) is 3.08. The van der Waals surface area contributed by atoms with E-state index in [0.717, 1.165) is 11.4 Å². The smallest absolute Gasteiger partial charge is 0.417 e. The van der Waals surface area contributed by atoms with Crippen molar-refractivity contribution in [2.75, 3.05) is 38.2 Å². The number of oxazole rings is 1. The Bertz CT molecular complexity index is 982. The lowest BCUT2D eigenvalue weighted by atomic mass is 10.1. The number of hydrogen-bond donors (Lipinski definition) is 1. The highest BCUT2D eigenvalue weighted by Gasteiger charge is 2.24. The van der Waals surface area contributed by atoms with Gasteiger partial charge in [0.25, 0.3) is 5.91 Å². The zero-order valence-corrected chi connectivity index (χ0v) is 14.4. The molecule has 1 aromatic heterocycles. The second kappa shape index (κ2) is 6.59. The van der Waals surface area contributed by atoms with Gasteiger partial charge in [-0.1, -0.05) is 6.07 Å². The first kappa shape index (κ1) is 16.3. The fraction of sp³-hybridized carbons (Fsp3) is 0.263. The first-order chi connectivity index (χ1) is 12.7. The van der Waals surface area contributed by atoms with E-state index in [4.69, 9.17) is 9.15 Å². The minimum atomic E-state index is -0.458. The Balaban J connectivity index is 1.48. The van der Waals surface area contributed by atoms with Crippen LogP contribution in [0.15, 0.2) is 51.7 Å². The summed E-state index contributed by atoms with van der Waals surface area (Å²) < 4.78 is 10.4. The average molecular weight is 353 g/mol. The van der Waals surface area contributed by atoms with E-state index in [2.05, 4.69) is 9.88 Å². The van der Waals surface area contributed by atoms with Gasteiger partial charge >= 0.3 is 5.76 Å². The van der Waals surface area contributed by atoms with Gasteiger partial charge in [0.1, 0.15) is 5.75 Å². The van der Waals surface area contributed by atoms with Crippen LogP contribution in [0.2, 0.25) is 0 Å². The number of methoxy groups -OCH3 is 1. The fourth-order valence-corrected chi connectivity index (χ4v) is 3.27. The number of rotatable bonds is 3. The predicted octanol–water partition coefficient (Wildman–Crippen LogP) is 2.09. The van der Waals surface area contributed by atoms with Crippen molar-refractivity contribution in [1.29, 1.82) is 0 Å². The summed E-state index contributed by atoms with van der Waals surface area (Å²) in [6, 6.07) is 12.8. The van der Waals surface area contributed by atoms with E-state index in [1.165, 1.54) is 0 Å². The number of anilines is 1. The summed E-state index contributed by atoms with van der Waals surface area (Å²) in [7, 11) is 1.60. The molecule has 26 heavy (non-hydrogen) atoms. The van der Waals surface area contributed by atoms with E-state index in [9.17, 15) is 9.59 Å². The van der Waals surface area contributed by atoms with Crippen molar-refractivity contribution in [1.82, 2.24) is 9.88 Å². The zero-order chi connectivity index (χ0) is 18.1. The molecule has 0 radical (unpaired) electrons. The molecule has 1 amide bonds. The van der Waals surface area contributed by atoms with Gasteiger partial charge in [-0.3, -0.25) is 9.78 Å². The minimum Gasteiger partial charge on any atom is -0.497 e. The van der Waals surface area contributed by atoms with Crippen LogP contribution in [0.25, 0.3) is 11.1 Å². The number of piperazine rings is 1. The third kappa shape index (κ3) is 2.92. The summed E-state index contributed by atoms with van der Waals surface area (Å²) in [6.07, 6.45) is 0. The predicted molar refractivity (Wildman–Crippen MR) is 97.9 cm³/mol. The van der Waals surface area contributed by atoms with E-state index in [1.807, 2.05) is 23.1 Å². The third-order valence-electron chi connectivity index (χ3n) is 4.67. The lowest BCUT2D eigenvalue weighted by Crippen LogP contribution is -2.48. The van der Waals surface area contributed by atoms with Gasteiger partial charge < -0.3 is 19.0 Å². The lowest BCUT2D eigenvalue weighted by Gasteiger charge is -2.36. The van der Waals surface area contributed by atoms with Crippen LogP contribution in [0.5, 0.6) is 5.75 Å². The normalized spacial score (nSPS) is 14.7. The molecule has 2 heterocycles. The number of ether oxygens (including phenoxy) is 1. The second-order valence-corrected chi connectivity index (χ2v) is 6.18. The SMILES string of the molecule is COc1ccc(C(=O)N2CCN(c3cccc4[nH]c(=O)oc34)CC2)cc1. The Morgan fingerprint density at radius 3 is 2.50 bits per heavy atom. The molecular formula is C19H19N3O4. The van der Waals surface area contributed by atoms with Crippen LogP contribution in [0.3, 0.4) is 0 Å². The van der Waals surface area contributed by atoms with E-state index >= 15 is 0 Å². The fourth-order valence-electron chi connectivity index (χ4n) is 3.27. The summed E-state index contributed by atoms with van der Waals surface area (Å²) in [5.41, 5.74) is 2.77. The molecule has 1 fully saturated rings. The molecule has 0 atom stereocenters. The highest BCUT2D eigenvalue weighted by Crippen LogP contribution is 2.26. The minimum absolute atomic E-state index is 0.0127.